The molecule has 0 aromatic heterocycles. The highest BCUT2D eigenvalue weighted by Gasteiger charge is 2.61. The molecule has 0 saturated heterocycles. The Labute approximate surface area is 179 Å². The van der Waals surface area contributed by atoms with Crippen LogP contribution in [-0.4, -0.2) is 47.5 Å². The van der Waals surface area contributed by atoms with Crippen molar-refractivity contribution in [3.8, 4) is 0 Å². The molecule has 0 aromatic carbocycles. The Morgan fingerprint density at radius 3 is 2.14 bits per heavy atom. The first-order valence-electron chi connectivity index (χ1n) is 11.8. The molecule has 7 atom stereocenters. The van der Waals surface area contributed by atoms with E-state index in [0.717, 1.165) is 25.7 Å². The molecule has 3 fully saturated rings. The number of aliphatic hydroxyl groups is 3. The van der Waals surface area contributed by atoms with Gasteiger partial charge in [0.05, 0.1) is 17.8 Å². The lowest BCUT2D eigenvalue weighted by atomic mass is 9.60. The van der Waals surface area contributed by atoms with Gasteiger partial charge in [-0.2, -0.15) is 0 Å². The maximum absolute atomic E-state index is 11.6. The van der Waals surface area contributed by atoms with Crippen LogP contribution in [0.1, 0.15) is 86.5 Å². The fourth-order valence-electron chi connectivity index (χ4n) is 6.44. The lowest BCUT2D eigenvalue weighted by Crippen LogP contribution is -2.56. The Bertz CT molecular complexity index is 612. The van der Waals surface area contributed by atoms with Crippen molar-refractivity contribution in [2.75, 3.05) is 0 Å². The first kappa shape index (κ1) is 23.7. The van der Waals surface area contributed by atoms with E-state index in [4.69, 9.17) is 4.43 Å². The summed E-state index contributed by atoms with van der Waals surface area (Å²) in [5.41, 5.74) is -1.75. The van der Waals surface area contributed by atoms with Gasteiger partial charge in [0.1, 0.15) is 0 Å². The molecule has 3 aliphatic rings. The minimum atomic E-state index is -1.98. The minimum Gasteiger partial charge on any atom is -0.414 e. The van der Waals surface area contributed by atoms with Gasteiger partial charge in [0, 0.05) is 6.10 Å². The lowest BCUT2D eigenvalue weighted by Gasteiger charge is -2.52. The average Bonchev–Trinajstić information content (AvgIpc) is 2.81. The second-order valence-electron chi connectivity index (χ2n) is 12.8. The standard InChI is InChI=1S/C24H46O4Si/c1-21(2,3)29(7,8)28-18-10-9-12-23(6)17(18)15-20(26)24(27)13-11-16(14-19(23)25)22(24,4)5/h16-20,25-27H,9-15H2,1-8H3/t16-,17-,18+,19-,20+,23+,24+/m0/s1. The fraction of sp³-hybridized carbons (Fsp3) is 1.00. The van der Waals surface area contributed by atoms with Gasteiger partial charge in [-0.1, -0.05) is 48.0 Å². The largest absolute Gasteiger partial charge is 0.414 e. The number of hydrogen-bond acceptors (Lipinski definition) is 4. The summed E-state index contributed by atoms with van der Waals surface area (Å²) in [5, 5.41) is 34.6. The fourth-order valence-corrected chi connectivity index (χ4v) is 7.83. The van der Waals surface area contributed by atoms with Crippen molar-refractivity contribution in [1.29, 1.82) is 0 Å². The Kier molecular flexibility index (Phi) is 5.97. The molecule has 3 aliphatic carbocycles. The molecular weight excluding hydrogens is 380 g/mol. The van der Waals surface area contributed by atoms with E-state index in [2.05, 4.69) is 54.6 Å². The molecule has 170 valence electrons. The topological polar surface area (TPSA) is 69.9 Å². The van der Waals surface area contributed by atoms with Gasteiger partial charge < -0.3 is 19.7 Å². The Balaban J connectivity index is 1.99. The molecule has 3 saturated carbocycles. The van der Waals surface area contributed by atoms with E-state index >= 15 is 0 Å². The third-order valence-electron chi connectivity index (χ3n) is 10.1. The van der Waals surface area contributed by atoms with Crippen molar-refractivity contribution >= 4 is 8.32 Å². The van der Waals surface area contributed by atoms with Crippen LogP contribution in [0.3, 0.4) is 0 Å². The number of hydrogen-bond donors (Lipinski definition) is 3. The van der Waals surface area contributed by atoms with Crippen molar-refractivity contribution in [1.82, 2.24) is 0 Å². The van der Waals surface area contributed by atoms with Gasteiger partial charge in [-0.3, -0.25) is 0 Å². The van der Waals surface area contributed by atoms with Crippen LogP contribution in [0.25, 0.3) is 0 Å². The lowest BCUT2D eigenvalue weighted by molar-refractivity contribution is -0.154. The van der Waals surface area contributed by atoms with Crippen LogP contribution in [0.2, 0.25) is 18.1 Å². The first-order chi connectivity index (χ1) is 13.1. The van der Waals surface area contributed by atoms with Crippen LogP contribution in [0.15, 0.2) is 0 Å². The van der Waals surface area contributed by atoms with E-state index in [0.29, 0.717) is 19.3 Å². The highest BCUT2D eigenvalue weighted by molar-refractivity contribution is 6.74. The molecule has 3 N–H and O–H groups in total. The summed E-state index contributed by atoms with van der Waals surface area (Å²) >= 11 is 0. The maximum atomic E-state index is 11.6. The minimum absolute atomic E-state index is 0.0438. The molecule has 0 amide bonds. The third kappa shape index (κ3) is 3.67. The molecule has 0 heterocycles. The quantitative estimate of drug-likeness (QED) is 0.551. The zero-order valence-electron chi connectivity index (χ0n) is 20.1. The van der Waals surface area contributed by atoms with Crippen molar-refractivity contribution in [3.63, 3.8) is 0 Å². The van der Waals surface area contributed by atoms with E-state index < -0.39 is 31.5 Å². The predicted octanol–water partition coefficient (Wildman–Crippen LogP) is 4.87. The van der Waals surface area contributed by atoms with Crippen LogP contribution >= 0.6 is 0 Å². The van der Waals surface area contributed by atoms with Crippen molar-refractivity contribution in [2.24, 2.45) is 22.7 Å². The van der Waals surface area contributed by atoms with Crippen LogP contribution < -0.4 is 0 Å². The summed E-state index contributed by atoms with van der Waals surface area (Å²) in [5.74, 6) is 0.295. The van der Waals surface area contributed by atoms with Gasteiger partial charge in [-0.15, -0.1) is 0 Å². The molecular formula is C24H46O4Si. The van der Waals surface area contributed by atoms with Crippen LogP contribution in [0.4, 0.5) is 0 Å². The van der Waals surface area contributed by atoms with Crippen LogP contribution in [-0.2, 0) is 4.43 Å². The van der Waals surface area contributed by atoms with Crippen LogP contribution in [0.5, 0.6) is 0 Å². The van der Waals surface area contributed by atoms with Crippen molar-refractivity contribution in [3.05, 3.63) is 0 Å². The first-order valence-corrected chi connectivity index (χ1v) is 14.7. The van der Waals surface area contributed by atoms with Crippen molar-refractivity contribution in [2.45, 2.75) is 129 Å². The van der Waals surface area contributed by atoms with E-state index in [-0.39, 0.29) is 28.4 Å². The Morgan fingerprint density at radius 1 is 0.931 bits per heavy atom. The van der Waals surface area contributed by atoms with Gasteiger partial charge >= 0.3 is 0 Å². The van der Waals surface area contributed by atoms with Gasteiger partial charge in [-0.25, -0.2) is 0 Å². The molecule has 5 heteroatoms. The summed E-state index contributed by atoms with van der Waals surface area (Å²) < 4.78 is 6.91. The molecule has 0 unspecified atom stereocenters. The number of fused-ring (bicyclic) bond motifs is 3. The average molecular weight is 427 g/mol. The normalized spacial score (nSPS) is 45.8. The molecule has 0 aromatic rings. The van der Waals surface area contributed by atoms with Crippen LogP contribution in [0, 0.1) is 22.7 Å². The van der Waals surface area contributed by atoms with E-state index in [1.54, 1.807) is 0 Å². The second kappa shape index (κ2) is 7.30. The van der Waals surface area contributed by atoms with E-state index in [9.17, 15) is 15.3 Å². The highest BCUT2D eigenvalue weighted by Crippen LogP contribution is 2.59. The highest BCUT2D eigenvalue weighted by atomic mass is 28.4. The molecule has 3 rings (SSSR count). The summed E-state index contributed by atoms with van der Waals surface area (Å²) in [6.45, 7) is 17.8. The van der Waals surface area contributed by atoms with Gasteiger partial charge in [-0.05, 0) is 79.3 Å². The molecule has 29 heavy (non-hydrogen) atoms. The SMILES string of the molecule is CC1(C)[C@H]2CC[C@@]1(O)[C@H](O)C[C@H]1[C@H](O[Si](C)(C)C(C)(C)C)CCC[C@@]1(C)[C@@H](O)C2. The van der Waals surface area contributed by atoms with Gasteiger partial charge in [0.25, 0.3) is 0 Å². The molecule has 0 spiro atoms. The third-order valence-corrected chi connectivity index (χ3v) is 14.6. The summed E-state index contributed by atoms with van der Waals surface area (Å²) in [4.78, 5) is 0. The second-order valence-corrected chi connectivity index (χ2v) is 17.6. The smallest absolute Gasteiger partial charge is 0.192 e. The predicted molar refractivity (Wildman–Crippen MR) is 120 cm³/mol. The summed E-state index contributed by atoms with van der Waals surface area (Å²) in [6, 6.07) is 0. The molecule has 0 radical (unpaired) electrons. The Hall–Kier alpha value is 0.0569. The van der Waals surface area contributed by atoms with E-state index in [1.165, 1.54) is 0 Å². The zero-order chi connectivity index (χ0) is 22.0. The van der Waals surface area contributed by atoms with E-state index in [1.807, 2.05) is 0 Å². The molecule has 0 aliphatic heterocycles. The zero-order valence-corrected chi connectivity index (χ0v) is 21.1. The van der Waals surface area contributed by atoms with Gasteiger partial charge in [0.15, 0.2) is 8.32 Å². The summed E-state index contributed by atoms with van der Waals surface area (Å²) in [7, 11) is -1.98. The number of rotatable bonds is 2. The molecule has 4 nitrogen and oxygen atoms in total. The maximum Gasteiger partial charge on any atom is 0.192 e. The summed E-state index contributed by atoms with van der Waals surface area (Å²) in [6.07, 6.45) is 4.57. The Morgan fingerprint density at radius 2 is 1.55 bits per heavy atom. The monoisotopic (exact) mass is 426 g/mol. The number of aliphatic hydroxyl groups excluding tert-OH is 2. The molecule has 2 bridgehead atoms. The van der Waals surface area contributed by atoms with Gasteiger partial charge in [0.2, 0.25) is 0 Å². The van der Waals surface area contributed by atoms with Crippen molar-refractivity contribution < 1.29 is 19.7 Å².